The molecule has 0 unspecified atom stereocenters. The van der Waals surface area contributed by atoms with E-state index < -0.39 is 51.5 Å². The van der Waals surface area contributed by atoms with Crippen molar-refractivity contribution in [3.8, 4) is 5.75 Å². The van der Waals surface area contributed by atoms with E-state index in [0.29, 0.717) is 68.1 Å². The number of likely N-dealkylation sites (N-methyl/N-ethyl adjacent to an activating group) is 1. The molecule has 9 atom stereocenters. The summed E-state index contributed by atoms with van der Waals surface area (Å²) in [6.07, 6.45) is 4.55. The topological polar surface area (TPSA) is 165 Å². The number of anilines is 1. The molecule has 1 aromatic heterocycles. The van der Waals surface area contributed by atoms with Gasteiger partial charge >= 0.3 is 11.9 Å². The summed E-state index contributed by atoms with van der Waals surface area (Å²) in [4.78, 5) is 52.8. The third kappa shape index (κ3) is 4.57. The fraction of sp³-hybridized carbons (Fsp3) is 0.568. The van der Waals surface area contributed by atoms with Gasteiger partial charge in [0.05, 0.1) is 27.4 Å². The third-order valence-corrected chi connectivity index (χ3v) is 15.3. The molecule has 2 bridgehead atoms. The van der Waals surface area contributed by atoms with Gasteiger partial charge in [-0.3, -0.25) is 14.5 Å². The molecule has 13 heteroatoms. The van der Waals surface area contributed by atoms with Gasteiger partial charge in [0.25, 0.3) is 5.91 Å². The summed E-state index contributed by atoms with van der Waals surface area (Å²) in [6.45, 7) is 5.82. The van der Waals surface area contributed by atoms with Crippen molar-refractivity contribution in [3.63, 3.8) is 0 Å². The minimum absolute atomic E-state index is 0.168. The Bertz CT molecular complexity index is 2220. The minimum atomic E-state index is -2.33. The molecule has 1 aliphatic carbocycles. The van der Waals surface area contributed by atoms with Gasteiger partial charge in [0.15, 0.2) is 0 Å². The fourth-order valence-electron chi connectivity index (χ4n) is 13.0. The summed E-state index contributed by atoms with van der Waals surface area (Å²) < 4.78 is 17.5. The molecule has 57 heavy (non-hydrogen) atoms. The highest BCUT2D eigenvalue weighted by atomic mass is 16.5. The first kappa shape index (κ1) is 38.1. The van der Waals surface area contributed by atoms with Crippen molar-refractivity contribution in [3.05, 3.63) is 70.9 Å². The molecule has 6 aliphatic rings. The van der Waals surface area contributed by atoms with Crippen molar-refractivity contribution in [1.82, 2.24) is 14.8 Å². The maximum absolute atomic E-state index is 15.2. The molecule has 304 valence electrons. The highest BCUT2D eigenvalue weighted by Crippen LogP contribution is 2.67. The first-order valence-electron chi connectivity index (χ1n) is 20.3. The van der Waals surface area contributed by atoms with Crippen LogP contribution in [0.2, 0.25) is 0 Å². The molecule has 5 aliphatic heterocycles. The molecule has 1 saturated carbocycles. The number of aromatic nitrogens is 1. The predicted molar refractivity (Wildman–Crippen MR) is 211 cm³/mol. The summed E-state index contributed by atoms with van der Waals surface area (Å²) in [6, 6.07) is 10.6. The molecule has 0 radical (unpaired) electrons. The highest BCUT2D eigenvalue weighted by Gasteiger charge is 2.79. The van der Waals surface area contributed by atoms with Crippen molar-refractivity contribution in [1.29, 1.82) is 0 Å². The van der Waals surface area contributed by atoms with Crippen LogP contribution < -0.4 is 9.64 Å². The number of ether oxygens (including phenoxy) is 3. The number of amides is 1. The van der Waals surface area contributed by atoms with E-state index in [1.807, 2.05) is 74.3 Å². The first-order chi connectivity index (χ1) is 27.3. The van der Waals surface area contributed by atoms with Crippen LogP contribution in [0, 0.1) is 11.3 Å². The van der Waals surface area contributed by atoms with Crippen molar-refractivity contribution in [2.75, 3.05) is 59.5 Å². The van der Waals surface area contributed by atoms with Crippen LogP contribution in [0.5, 0.6) is 5.75 Å². The maximum atomic E-state index is 15.2. The summed E-state index contributed by atoms with van der Waals surface area (Å²) >= 11 is 0. The maximum Gasteiger partial charge on any atom is 0.342 e. The van der Waals surface area contributed by atoms with Gasteiger partial charge in [0.1, 0.15) is 22.9 Å². The molecular formula is C44H54N4O9. The first-order valence-corrected chi connectivity index (χ1v) is 20.3. The number of nitrogens with zero attached hydrogens (tertiary/aromatic N) is 3. The summed E-state index contributed by atoms with van der Waals surface area (Å²) in [5, 5.41) is 38.1. The van der Waals surface area contributed by atoms with Gasteiger partial charge in [-0.25, -0.2) is 4.79 Å². The molecule has 3 aromatic rings. The van der Waals surface area contributed by atoms with Crippen LogP contribution in [0.1, 0.15) is 68.3 Å². The van der Waals surface area contributed by atoms with E-state index in [1.165, 1.54) is 14.2 Å². The molecule has 2 aromatic carbocycles. The van der Waals surface area contributed by atoms with Gasteiger partial charge in [-0.2, -0.15) is 0 Å². The van der Waals surface area contributed by atoms with Gasteiger partial charge in [0, 0.05) is 77.5 Å². The number of para-hydroxylation sites is 1. The van der Waals surface area contributed by atoms with Gasteiger partial charge in [-0.05, 0) is 74.2 Å². The number of H-pyrrole nitrogens is 1. The van der Waals surface area contributed by atoms with E-state index in [0.717, 1.165) is 22.0 Å². The van der Waals surface area contributed by atoms with E-state index in [9.17, 15) is 24.9 Å². The number of hydrogen-bond acceptors (Lipinski definition) is 11. The lowest BCUT2D eigenvalue weighted by Gasteiger charge is -2.63. The van der Waals surface area contributed by atoms with Crippen LogP contribution >= 0.6 is 0 Å². The van der Waals surface area contributed by atoms with Gasteiger partial charge < -0.3 is 44.3 Å². The number of hydrogen-bond donors (Lipinski definition) is 4. The van der Waals surface area contributed by atoms with Crippen molar-refractivity contribution < 1.29 is 43.9 Å². The molecule has 2 saturated heterocycles. The number of aromatic amines is 1. The molecular weight excluding hydrogens is 729 g/mol. The number of rotatable bonds is 6. The zero-order valence-corrected chi connectivity index (χ0v) is 33.6. The van der Waals surface area contributed by atoms with E-state index in [-0.39, 0.29) is 37.1 Å². The predicted octanol–water partition coefficient (Wildman–Crippen LogP) is 2.95. The second-order valence-electron chi connectivity index (χ2n) is 17.4. The number of aliphatic hydroxyl groups excluding tert-OH is 1. The van der Waals surface area contributed by atoms with Gasteiger partial charge in [-0.15, -0.1) is 0 Å². The molecule has 1 spiro atoms. The van der Waals surface area contributed by atoms with Crippen LogP contribution in [0.3, 0.4) is 0 Å². The van der Waals surface area contributed by atoms with Gasteiger partial charge in [0.2, 0.25) is 5.60 Å². The smallest absolute Gasteiger partial charge is 0.342 e. The second-order valence-corrected chi connectivity index (χ2v) is 17.4. The Kier molecular flexibility index (Phi) is 8.55. The Morgan fingerprint density at radius 1 is 0.965 bits per heavy atom. The number of fused-ring (bicyclic) bond motifs is 6. The lowest BCUT2D eigenvalue weighted by Crippen LogP contribution is -2.80. The average Bonchev–Trinajstić information content (AvgIpc) is 3.89. The number of esters is 2. The van der Waals surface area contributed by atoms with E-state index in [2.05, 4.69) is 9.88 Å². The largest absolute Gasteiger partial charge is 0.496 e. The Morgan fingerprint density at radius 2 is 1.72 bits per heavy atom. The Balaban J connectivity index is 1.37. The van der Waals surface area contributed by atoms with Gasteiger partial charge in [-0.1, -0.05) is 44.2 Å². The van der Waals surface area contributed by atoms with E-state index in [4.69, 9.17) is 14.2 Å². The average molecular weight is 783 g/mol. The number of carbonyl (C=O) groups excluding carboxylic acids is 3. The number of aliphatic hydroxyl groups is 3. The number of nitrogens with one attached hydrogen (secondary N) is 1. The lowest BCUT2D eigenvalue weighted by molar-refractivity contribution is -0.218. The number of carbonyl (C=O) groups is 3. The number of benzene rings is 2. The van der Waals surface area contributed by atoms with Crippen LogP contribution in [-0.2, 0) is 41.1 Å². The van der Waals surface area contributed by atoms with E-state index in [1.54, 1.807) is 12.0 Å². The normalized spacial score (nSPS) is 36.8. The Morgan fingerprint density at radius 3 is 2.42 bits per heavy atom. The van der Waals surface area contributed by atoms with E-state index >= 15 is 4.79 Å². The molecule has 13 nitrogen and oxygen atoms in total. The molecule has 6 heterocycles. The monoisotopic (exact) mass is 782 g/mol. The lowest BCUT2D eigenvalue weighted by atomic mass is 9.47. The SMILES string of the molecule is CC[C@]1(O)C[C@@H]2CN(CCc3c([nH]c4ccccc34)[C@@](C(=O)OC)(c3cc4c(cc3OC)N(C)[C@H]3[C@@](O)(C(=O)OC)[C@H](O)[C@]5(CC)C=CCN6CC[C@]43[C@@H]65)C2)C1=O. The van der Waals surface area contributed by atoms with Crippen molar-refractivity contribution >= 4 is 34.4 Å². The third-order valence-electron chi connectivity index (χ3n) is 15.3. The summed E-state index contributed by atoms with van der Waals surface area (Å²) in [7, 11) is 6.02. The molecule has 1 amide bonds. The molecule has 3 fully saturated rings. The number of methoxy groups -OCH3 is 3. The van der Waals surface area contributed by atoms with Crippen LogP contribution in [0.15, 0.2) is 48.6 Å². The number of piperidine rings is 1. The standard InChI is InChI=1S/C44H54N4O9/c1-7-40-15-11-17-47-19-16-42(34(40)47)28-20-29(32(55-4)21-31(28)46(3)35(42)44(54,36(40)49)39(52)57-6)43(38(51)56-5)23-25-22-41(53,8-2)37(50)48(24-25)18-14-27-26-12-9-10-13-30(26)45-33(27)43/h9-13,15,20-21,25,34-36,45,49,53-54H,7-8,14,16-19,22-24H2,1-6H3/t25-,34-,35+,36+,40+,41-,42+,43-,44-/m0/s1. The zero-order valence-electron chi connectivity index (χ0n) is 33.6. The van der Waals surface area contributed by atoms with Crippen LogP contribution in [0.25, 0.3) is 10.9 Å². The molecule has 4 N–H and O–H groups in total. The highest BCUT2D eigenvalue weighted by molar-refractivity contribution is 5.95. The van der Waals surface area contributed by atoms with Crippen molar-refractivity contribution in [2.45, 2.75) is 92.6 Å². The fourth-order valence-corrected chi connectivity index (χ4v) is 13.0. The van der Waals surface area contributed by atoms with Crippen LogP contribution in [0.4, 0.5) is 5.69 Å². The Hall–Kier alpha value is -4.43. The van der Waals surface area contributed by atoms with Crippen LogP contribution in [-0.4, -0.2) is 132 Å². The second kappa shape index (κ2) is 12.8. The summed E-state index contributed by atoms with van der Waals surface area (Å²) in [5.41, 5.74) is -2.89. The quantitative estimate of drug-likeness (QED) is 0.215. The molecule has 9 rings (SSSR count). The Labute approximate surface area is 332 Å². The zero-order chi connectivity index (χ0) is 40.4. The minimum Gasteiger partial charge on any atom is -0.496 e. The summed E-state index contributed by atoms with van der Waals surface area (Å²) in [5.74, 6) is -1.62. The van der Waals surface area contributed by atoms with Crippen molar-refractivity contribution in [2.24, 2.45) is 11.3 Å².